The normalized spacial score (nSPS) is 22.1. The van der Waals surface area contributed by atoms with Crippen molar-refractivity contribution in [2.24, 2.45) is 0 Å². The minimum absolute atomic E-state index is 0.247. The minimum Gasteiger partial charge on any atom is -0.465 e. The van der Waals surface area contributed by atoms with Gasteiger partial charge >= 0.3 is 11.9 Å². The number of nitrogens with zero attached hydrogens (tertiary/aromatic N) is 1. The lowest BCUT2D eigenvalue weighted by molar-refractivity contribution is -0.147. The Bertz CT molecular complexity index is 1150. The van der Waals surface area contributed by atoms with Crippen LogP contribution in [0.4, 0.5) is 0 Å². The number of pyridine rings is 1. The zero-order valence-electron chi connectivity index (χ0n) is 15.9. The van der Waals surface area contributed by atoms with Gasteiger partial charge in [0, 0.05) is 11.8 Å². The van der Waals surface area contributed by atoms with Crippen LogP contribution in [-0.4, -0.2) is 29.1 Å². The number of fused-ring (bicyclic) bond motifs is 2. The van der Waals surface area contributed by atoms with E-state index in [0.717, 1.165) is 34.4 Å². The molecular formula is C23H19NO5. The summed E-state index contributed by atoms with van der Waals surface area (Å²) in [5.74, 6) is -0.246. The van der Waals surface area contributed by atoms with Crippen molar-refractivity contribution in [3.8, 4) is 0 Å². The summed E-state index contributed by atoms with van der Waals surface area (Å²) in [6.45, 7) is 1.79. The van der Waals surface area contributed by atoms with Gasteiger partial charge in [0.1, 0.15) is 11.9 Å². The van der Waals surface area contributed by atoms with E-state index in [1.165, 1.54) is 0 Å². The van der Waals surface area contributed by atoms with E-state index in [2.05, 4.69) is 0 Å². The van der Waals surface area contributed by atoms with Crippen LogP contribution < -0.4 is 0 Å². The molecule has 6 nitrogen and oxygen atoms in total. The van der Waals surface area contributed by atoms with Crippen molar-refractivity contribution in [3.05, 3.63) is 65.2 Å². The van der Waals surface area contributed by atoms with E-state index < -0.39 is 18.0 Å². The highest BCUT2D eigenvalue weighted by molar-refractivity contribution is 6.07. The maximum absolute atomic E-state index is 13.2. The molecule has 6 heteroatoms. The van der Waals surface area contributed by atoms with Gasteiger partial charge in [0.2, 0.25) is 6.10 Å². The Balaban J connectivity index is 1.60. The van der Waals surface area contributed by atoms with Crippen molar-refractivity contribution in [1.29, 1.82) is 0 Å². The molecule has 1 fully saturated rings. The molecule has 3 aromatic rings. The molecule has 0 bridgehead atoms. The topological polar surface area (TPSA) is 78.6 Å². The molecule has 1 saturated heterocycles. The van der Waals surface area contributed by atoms with E-state index in [1.54, 1.807) is 13.2 Å². The van der Waals surface area contributed by atoms with Crippen molar-refractivity contribution in [1.82, 2.24) is 4.98 Å². The van der Waals surface area contributed by atoms with Gasteiger partial charge in [-0.05, 0) is 55.2 Å². The number of furan rings is 1. The Morgan fingerprint density at radius 3 is 2.83 bits per heavy atom. The molecule has 0 radical (unpaired) electrons. The zero-order chi connectivity index (χ0) is 20.0. The third-order valence-corrected chi connectivity index (χ3v) is 5.38. The third-order valence-electron chi connectivity index (χ3n) is 5.38. The fourth-order valence-electron chi connectivity index (χ4n) is 4.06. The number of hydrogen-bond acceptors (Lipinski definition) is 6. The summed E-state index contributed by atoms with van der Waals surface area (Å²) < 4.78 is 16.1. The molecule has 5 rings (SSSR count). The minimum atomic E-state index is -0.861. The van der Waals surface area contributed by atoms with Gasteiger partial charge in [-0.3, -0.25) is 0 Å². The van der Waals surface area contributed by atoms with Gasteiger partial charge in [0.05, 0.1) is 23.0 Å². The van der Waals surface area contributed by atoms with Crippen molar-refractivity contribution < 1.29 is 23.5 Å². The molecule has 0 spiro atoms. The van der Waals surface area contributed by atoms with Crippen molar-refractivity contribution in [3.63, 3.8) is 0 Å². The third kappa shape index (κ3) is 3.10. The Morgan fingerprint density at radius 2 is 2.07 bits per heavy atom. The Morgan fingerprint density at radius 1 is 1.21 bits per heavy atom. The number of esters is 2. The van der Waals surface area contributed by atoms with Crippen LogP contribution >= 0.6 is 0 Å². The lowest BCUT2D eigenvalue weighted by Gasteiger charge is -2.14. The van der Waals surface area contributed by atoms with Crippen LogP contribution in [0, 0.1) is 0 Å². The summed E-state index contributed by atoms with van der Waals surface area (Å²) in [6, 6.07) is 11.2. The predicted octanol–water partition coefficient (Wildman–Crippen LogP) is 4.18. The second-order valence-electron chi connectivity index (χ2n) is 7.39. The molecular weight excluding hydrogens is 370 g/mol. The molecule has 29 heavy (non-hydrogen) atoms. The molecule has 1 aromatic carbocycles. The lowest BCUT2D eigenvalue weighted by Crippen LogP contribution is -2.23. The van der Waals surface area contributed by atoms with Gasteiger partial charge in [0.25, 0.3) is 0 Å². The maximum Gasteiger partial charge on any atom is 0.347 e. The molecule has 3 heterocycles. The van der Waals surface area contributed by atoms with Crippen molar-refractivity contribution in [2.45, 2.75) is 38.4 Å². The van der Waals surface area contributed by atoms with Crippen LogP contribution in [0.2, 0.25) is 0 Å². The molecule has 0 amide bonds. The number of hydrogen-bond donors (Lipinski definition) is 0. The standard InChI is InChI=1S/C23H19NO5/c1-13-11-19(22(25)28-13)29-23(26)20-16-6-2-3-7-18(16)24-21-14(8-9-17(20)21)12-15-5-4-10-27-15/h2-7,10,12-13,19H,8-9,11H2,1H3. The van der Waals surface area contributed by atoms with Crippen LogP contribution in [-0.2, 0) is 20.7 Å². The highest BCUT2D eigenvalue weighted by atomic mass is 16.6. The van der Waals surface area contributed by atoms with E-state index in [0.29, 0.717) is 23.9 Å². The first-order valence-electron chi connectivity index (χ1n) is 9.67. The number of ether oxygens (including phenoxy) is 2. The van der Waals surface area contributed by atoms with E-state index in [4.69, 9.17) is 18.9 Å². The molecule has 1 aliphatic heterocycles. The van der Waals surface area contributed by atoms with Gasteiger partial charge in [-0.15, -0.1) is 0 Å². The summed E-state index contributed by atoms with van der Waals surface area (Å²) in [6.07, 6.45) is 4.28. The van der Waals surface area contributed by atoms with Crippen LogP contribution in [0.25, 0.3) is 22.6 Å². The highest BCUT2D eigenvalue weighted by Gasteiger charge is 2.37. The van der Waals surface area contributed by atoms with E-state index in [-0.39, 0.29) is 6.10 Å². The zero-order valence-corrected chi connectivity index (χ0v) is 15.9. The second-order valence-corrected chi connectivity index (χ2v) is 7.39. The van der Waals surface area contributed by atoms with Gasteiger partial charge in [-0.25, -0.2) is 14.6 Å². The molecule has 2 unspecified atom stereocenters. The van der Waals surface area contributed by atoms with Crippen LogP contribution in [0.5, 0.6) is 0 Å². The second kappa shape index (κ2) is 6.88. The number of aromatic nitrogens is 1. The average molecular weight is 389 g/mol. The summed E-state index contributed by atoms with van der Waals surface area (Å²) in [5.41, 5.74) is 3.86. The fraction of sp³-hybridized carbons (Fsp3) is 0.261. The van der Waals surface area contributed by atoms with Gasteiger partial charge in [-0.2, -0.15) is 0 Å². The smallest absolute Gasteiger partial charge is 0.347 e. The summed E-state index contributed by atoms with van der Waals surface area (Å²) in [4.78, 5) is 29.9. The summed E-state index contributed by atoms with van der Waals surface area (Å²) in [5, 5.41) is 0.731. The van der Waals surface area contributed by atoms with Crippen molar-refractivity contribution >= 4 is 34.5 Å². The molecule has 1 aliphatic carbocycles. The SMILES string of the molecule is CC1CC(OC(=O)c2c3c(nc4ccccc24)C(=Cc2ccco2)CC3)C(=O)O1. The molecule has 0 saturated carbocycles. The highest BCUT2D eigenvalue weighted by Crippen LogP contribution is 2.38. The van der Waals surface area contributed by atoms with E-state index >= 15 is 0 Å². The van der Waals surface area contributed by atoms with Gasteiger partial charge in [0.15, 0.2) is 0 Å². The monoisotopic (exact) mass is 389 g/mol. The first-order chi connectivity index (χ1) is 14.1. The number of allylic oxidation sites excluding steroid dienone is 1. The van der Waals surface area contributed by atoms with Gasteiger partial charge < -0.3 is 13.9 Å². The summed E-state index contributed by atoms with van der Waals surface area (Å²) >= 11 is 0. The van der Waals surface area contributed by atoms with E-state index in [9.17, 15) is 9.59 Å². The molecule has 0 N–H and O–H groups in total. The Kier molecular flexibility index (Phi) is 4.19. The van der Waals surface area contributed by atoms with Crippen LogP contribution in [0.15, 0.2) is 47.1 Å². The molecule has 146 valence electrons. The van der Waals surface area contributed by atoms with E-state index in [1.807, 2.05) is 42.5 Å². The van der Waals surface area contributed by atoms with Crippen LogP contribution in [0.3, 0.4) is 0 Å². The number of para-hydroxylation sites is 1. The maximum atomic E-state index is 13.2. The fourth-order valence-corrected chi connectivity index (χ4v) is 4.06. The number of rotatable bonds is 3. The molecule has 2 atom stereocenters. The number of cyclic esters (lactones) is 1. The Hall–Kier alpha value is -3.41. The number of carbonyl (C=O) groups excluding carboxylic acids is 2. The molecule has 2 aromatic heterocycles. The first-order valence-corrected chi connectivity index (χ1v) is 9.67. The molecule has 2 aliphatic rings. The largest absolute Gasteiger partial charge is 0.465 e. The quantitative estimate of drug-likeness (QED) is 0.626. The number of benzene rings is 1. The number of carbonyl (C=O) groups is 2. The predicted molar refractivity (Wildman–Crippen MR) is 106 cm³/mol. The first kappa shape index (κ1) is 17.7. The lowest BCUT2D eigenvalue weighted by atomic mass is 10.0. The van der Waals surface area contributed by atoms with Crippen molar-refractivity contribution in [2.75, 3.05) is 0 Å². The van der Waals surface area contributed by atoms with Crippen LogP contribution in [0.1, 0.15) is 47.1 Å². The average Bonchev–Trinajstić information content (AvgIpc) is 3.42. The Labute approximate surface area is 167 Å². The van der Waals surface area contributed by atoms with Gasteiger partial charge in [-0.1, -0.05) is 18.2 Å². The summed E-state index contributed by atoms with van der Waals surface area (Å²) in [7, 11) is 0.